The molecule has 3 unspecified atom stereocenters. The molecule has 0 bridgehead atoms. The third-order valence-corrected chi connectivity index (χ3v) is 6.55. The molecule has 0 radical (unpaired) electrons. The third kappa shape index (κ3) is 8.93. The van der Waals surface area contributed by atoms with Gasteiger partial charge in [-0.15, -0.1) is 0 Å². The highest BCUT2D eigenvalue weighted by Crippen LogP contribution is 2.32. The van der Waals surface area contributed by atoms with Gasteiger partial charge in [-0.1, -0.05) is 65.5 Å². The maximum Gasteiger partial charge on any atom is 0.362 e. The summed E-state index contributed by atoms with van der Waals surface area (Å²) in [6.07, 6.45) is 14.0. The molecule has 7 heteroatoms. The average molecular weight is 456 g/mol. The standard InChI is InChI=1S/C25H45NO6/c1-5-9-10-11-12-13-14-15-16-17-18-19-26(20(6-2)23(27)28,21(7-3)24(29)30)22(8-4)25(31)32/h11-12,20-22H,5-10,13-19H2,1-4H3,(H2-,27,28,29,30,31,32)/b12-11+. The molecule has 0 saturated heterocycles. The molecule has 186 valence electrons. The minimum absolute atomic E-state index is 0.125. The maximum atomic E-state index is 12.1. The van der Waals surface area contributed by atoms with Crippen molar-refractivity contribution >= 4 is 17.9 Å². The summed E-state index contributed by atoms with van der Waals surface area (Å²) in [6, 6.07) is -3.38. The lowest BCUT2D eigenvalue weighted by atomic mass is 9.94. The molecule has 0 aliphatic heterocycles. The number of quaternary nitrogens is 1. The fourth-order valence-electron chi connectivity index (χ4n) is 5.00. The first-order valence-corrected chi connectivity index (χ1v) is 12.4. The van der Waals surface area contributed by atoms with E-state index >= 15 is 0 Å². The number of unbranched alkanes of at least 4 members (excludes halogenated alkanes) is 7. The van der Waals surface area contributed by atoms with Gasteiger partial charge in [0.1, 0.15) is 6.04 Å². The number of rotatable bonds is 20. The minimum Gasteiger partial charge on any atom is -0.544 e. The lowest BCUT2D eigenvalue weighted by Gasteiger charge is -2.51. The molecule has 0 saturated carbocycles. The number of hydrogen-bond donors (Lipinski definition) is 2. The Labute approximate surface area is 194 Å². The minimum atomic E-state index is -1.37. The fraction of sp³-hybridized carbons (Fsp3) is 0.800. The Kier molecular flexibility index (Phi) is 15.7. The van der Waals surface area contributed by atoms with Gasteiger partial charge >= 0.3 is 11.9 Å². The summed E-state index contributed by atoms with van der Waals surface area (Å²) in [7, 11) is 0. The predicted molar refractivity (Wildman–Crippen MR) is 124 cm³/mol. The fourth-order valence-corrected chi connectivity index (χ4v) is 5.00. The summed E-state index contributed by atoms with van der Waals surface area (Å²) in [4.78, 5) is 36.3. The summed E-state index contributed by atoms with van der Waals surface area (Å²) in [6.45, 7) is 7.39. The van der Waals surface area contributed by atoms with Crippen molar-refractivity contribution < 1.29 is 34.2 Å². The largest absolute Gasteiger partial charge is 0.544 e. The van der Waals surface area contributed by atoms with Gasteiger partial charge in [-0.2, -0.15) is 0 Å². The number of nitrogens with zero attached hydrogens (tertiary/aromatic N) is 1. The van der Waals surface area contributed by atoms with E-state index in [1.54, 1.807) is 20.8 Å². The highest BCUT2D eigenvalue weighted by Gasteiger charge is 2.53. The van der Waals surface area contributed by atoms with Crippen molar-refractivity contribution in [3.8, 4) is 0 Å². The quantitative estimate of drug-likeness (QED) is 0.162. The first-order chi connectivity index (χ1) is 15.2. The number of carboxylic acids is 3. The van der Waals surface area contributed by atoms with Crippen molar-refractivity contribution in [2.45, 2.75) is 123 Å². The molecule has 0 aromatic carbocycles. The van der Waals surface area contributed by atoms with Gasteiger partial charge < -0.3 is 20.1 Å². The molecule has 0 aliphatic carbocycles. The van der Waals surface area contributed by atoms with E-state index in [9.17, 15) is 29.7 Å². The summed E-state index contributed by atoms with van der Waals surface area (Å²) in [5.74, 6) is -3.68. The summed E-state index contributed by atoms with van der Waals surface area (Å²) in [5.41, 5.74) is 0. The van der Waals surface area contributed by atoms with E-state index in [1.165, 1.54) is 12.8 Å². The number of carboxylic acid groups (broad SMARTS) is 3. The molecule has 3 atom stereocenters. The van der Waals surface area contributed by atoms with Crippen LogP contribution in [0.25, 0.3) is 0 Å². The summed E-state index contributed by atoms with van der Waals surface area (Å²) >= 11 is 0. The normalized spacial score (nSPS) is 16.4. The van der Waals surface area contributed by atoms with Gasteiger partial charge in [0.15, 0.2) is 12.1 Å². The number of carbonyl (C=O) groups is 3. The van der Waals surface area contributed by atoms with Crippen molar-refractivity contribution in [3.05, 3.63) is 12.2 Å². The molecular formula is C25H45NO6. The maximum absolute atomic E-state index is 12.1. The van der Waals surface area contributed by atoms with E-state index in [-0.39, 0.29) is 25.8 Å². The molecule has 2 N–H and O–H groups in total. The molecule has 0 aromatic rings. The van der Waals surface area contributed by atoms with Crippen molar-refractivity contribution in [1.29, 1.82) is 0 Å². The zero-order valence-corrected chi connectivity index (χ0v) is 20.6. The Morgan fingerprint density at radius 3 is 1.56 bits per heavy atom. The van der Waals surface area contributed by atoms with Crippen LogP contribution in [0.4, 0.5) is 0 Å². The van der Waals surface area contributed by atoms with Crippen LogP contribution in [0.2, 0.25) is 0 Å². The third-order valence-electron chi connectivity index (χ3n) is 6.55. The first-order valence-electron chi connectivity index (χ1n) is 12.4. The first kappa shape index (κ1) is 30.1. The molecule has 32 heavy (non-hydrogen) atoms. The van der Waals surface area contributed by atoms with E-state index in [4.69, 9.17) is 0 Å². The average Bonchev–Trinajstić information content (AvgIpc) is 2.72. The van der Waals surface area contributed by atoms with Crippen LogP contribution < -0.4 is 5.11 Å². The number of hydrogen-bond acceptors (Lipinski definition) is 4. The van der Waals surface area contributed by atoms with Crippen LogP contribution in [0.15, 0.2) is 12.2 Å². The molecule has 0 spiro atoms. The zero-order valence-electron chi connectivity index (χ0n) is 20.6. The van der Waals surface area contributed by atoms with Crippen LogP contribution in [0.1, 0.15) is 105 Å². The van der Waals surface area contributed by atoms with E-state index in [0.717, 1.165) is 38.5 Å². The Bertz CT molecular complexity index is 534. The van der Waals surface area contributed by atoms with Crippen molar-refractivity contribution in [2.24, 2.45) is 0 Å². The van der Waals surface area contributed by atoms with Gasteiger partial charge in [0.2, 0.25) is 0 Å². The monoisotopic (exact) mass is 455 g/mol. The second-order valence-electron chi connectivity index (χ2n) is 8.66. The van der Waals surface area contributed by atoms with Crippen LogP contribution in [-0.2, 0) is 14.4 Å². The molecule has 0 aromatic heterocycles. The Morgan fingerprint density at radius 2 is 1.16 bits per heavy atom. The van der Waals surface area contributed by atoms with E-state index in [2.05, 4.69) is 19.1 Å². The van der Waals surface area contributed by atoms with Crippen LogP contribution in [0, 0.1) is 0 Å². The Hall–Kier alpha value is -1.89. The van der Waals surface area contributed by atoms with Gasteiger partial charge in [-0.25, -0.2) is 9.59 Å². The summed E-state index contributed by atoms with van der Waals surface area (Å²) in [5, 5.41) is 31.9. The number of aliphatic carboxylic acids is 3. The van der Waals surface area contributed by atoms with E-state index in [1.807, 2.05) is 0 Å². The van der Waals surface area contributed by atoms with Gasteiger partial charge in [0, 0.05) is 19.3 Å². The smallest absolute Gasteiger partial charge is 0.362 e. The SMILES string of the molecule is CCCC/C=C/CCCCCCC[N+](C(CC)C(=O)[O-])(C(CC)C(=O)O)C(CC)C(=O)O. The molecule has 0 rings (SSSR count). The van der Waals surface area contributed by atoms with Crippen molar-refractivity contribution in [1.82, 2.24) is 0 Å². The lowest BCUT2D eigenvalue weighted by Crippen LogP contribution is -2.73. The van der Waals surface area contributed by atoms with E-state index in [0.29, 0.717) is 6.42 Å². The Balaban J connectivity index is 5.36. The topological polar surface area (TPSA) is 115 Å². The Morgan fingerprint density at radius 1 is 0.719 bits per heavy atom. The highest BCUT2D eigenvalue weighted by atomic mass is 16.4. The molecule has 0 heterocycles. The number of carbonyl (C=O) groups excluding carboxylic acids is 1. The van der Waals surface area contributed by atoms with E-state index < -0.39 is 40.5 Å². The summed E-state index contributed by atoms with van der Waals surface area (Å²) < 4.78 is -0.476. The lowest BCUT2D eigenvalue weighted by molar-refractivity contribution is -0.974. The van der Waals surface area contributed by atoms with Gasteiger partial charge in [-0.05, 0) is 32.1 Å². The van der Waals surface area contributed by atoms with Crippen LogP contribution in [-0.4, -0.2) is 57.3 Å². The molecule has 0 amide bonds. The zero-order chi connectivity index (χ0) is 24.6. The van der Waals surface area contributed by atoms with Crippen molar-refractivity contribution in [3.63, 3.8) is 0 Å². The van der Waals surface area contributed by atoms with Crippen molar-refractivity contribution in [2.75, 3.05) is 6.54 Å². The van der Waals surface area contributed by atoms with Crippen LogP contribution >= 0.6 is 0 Å². The predicted octanol–water partition coefficient (Wildman–Crippen LogP) is 4.15. The van der Waals surface area contributed by atoms with Gasteiger partial charge in [0.25, 0.3) is 0 Å². The van der Waals surface area contributed by atoms with Gasteiger partial charge in [0.05, 0.1) is 12.5 Å². The second-order valence-corrected chi connectivity index (χ2v) is 8.66. The molecular weight excluding hydrogens is 410 g/mol. The van der Waals surface area contributed by atoms with Gasteiger partial charge in [-0.3, -0.25) is 4.48 Å². The van der Waals surface area contributed by atoms with Crippen LogP contribution in [0.5, 0.6) is 0 Å². The highest BCUT2D eigenvalue weighted by molar-refractivity contribution is 5.77. The molecule has 7 nitrogen and oxygen atoms in total. The molecule has 0 fully saturated rings. The number of allylic oxidation sites excluding steroid dienone is 2. The second kappa shape index (κ2) is 16.7. The van der Waals surface area contributed by atoms with Crippen LogP contribution in [0.3, 0.4) is 0 Å². The molecule has 0 aliphatic rings.